The second kappa shape index (κ2) is 9.08. The molecule has 3 aromatic rings. The maximum Gasteiger partial charge on any atom is 0.257 e. The van der Waals surface area contributed by atoms with Crippen molar-refractivity contribution in [1.82, 2.24) is 9.78 Å². The van der Waals surface area contributed by atoms with Crippen LogP contribution in [0, 0.1) is 0 Å². The van der Waals surface area contributed by atoms with Crippen LogP contribution in [-0.4, -0.2) is 36.3 Å². The Kier molecular flexibility index (Phi) is 6.32. The van der Waals surface area contributed by atoms with Gasteiger partial charge in [-0.15, -0.1) is 0 Å². The zero-order chi connectivity index (χ0) is 19.9. The first-order valence-corrected chi connectivity index (χ1v) is 9.50. The highest BCUT2D eigenvalue weighted by Gasteiger charge is 2.13. The summed E-state index contributed by atoms with van der Waals surface area (Å²) in [4.78, 5) is 14.7. The molecule has 1 heterocycles. The maximum atomic E-state index is 12.8. The SMILES string of the molecule is CCc1ccc(C(=O)Nc2ccc(NCCn3cccn3)cc2)c(N(C)C)c1. The summed E-state index contributed by atoms with van der Waals surface area (Å²) in [6.07, 6.45) is 4.65. The van der Waals surface area contributed by atoms with E-state index in [1.807, 2.05) is 72.3 Å². The van der Waals surface area contributed by atoms with E-state index in [9.17, 15) is 4.79 Å². The summed E-state index contributed by atoms with van der Waals surface area (Å²) in [5.41, 5.74) is 4.58. The number of aryl methyl sites for hydroxylation is 1. The zero-order valence-corrected chi connectivity index (χ0v) is 16.6. The van der Waals surface area contributed by atoms with Crippen molar-refractivity contribution < 1.29 is 4.79 Å². The van der Waals surface area contributed by atoms with Crippen molar-refractivity contribution in [3.63, 3.8) is 0 Å². The van der Waals surface area contributed by atoms with E-state index in [1.165, 1.54) is 5.56 Å². The van der Waals surface area contributed by atoms with E-state index in [-0.39, 0.29) is 5.91 Å². The van der Waals surface area contributed by atoms with Gasteiger partial charge in [-0.2, -0.15) is 5.10 Å². The van der Waals surface area contributed by atoms with Gasteiger partial charge in [-0.05, 0) is 54.4 Å². The number of anilines is 3. The quantitative estimate of drug-likeness (QED) is 0.625. The number of rotatable bonds is 8. The van der Waals surface area contributed by atoms with E-state index in [0.717, 1.165) is 36.6 Å². The van der Waals surface area contributed by atoms with Crippen molar-refractivity contribution in [2.75, 3.05) is 36.2 Å². The Hall–Kier alpha value is -3.28. The lowest BCUT2D eigenvalue weighted by atomic mass is 10.1. The molecule has 0 saturated heterocycles. The molecule has 2 N–H and O–H groups in total. The predicted octanol–water partition coefficient (Wildman–Crippen LogP) is 3.88. The third-order valence-corrected chi connectivity index (χ3v) is 4.57. The van der Waals surface area contributed by atoms with Crippen LogP contribution in [0.1, 0.15) is 22.8 Å². The van der Waals surface area contributed by atoms with Gasteiger partial charge in [-0.3, -0.25) is 9.48 Å². The average molecular weight is 377 g/mol. The molecule has 0 aliphatic rings. The summed E-state index contributed by atoms with van der Waals surface area (Å²) >= 11 is 0. The topological polar surface area (TPSA) is 62.2 Å². The Labute approximate surface area is 166 Å². The second-order valence-corrected chi connectivity index (χ2v) is 6.83. The van der Waals surface area contributed by atoms with Gasteiger partial charge in [0.15, 0.2) is 0 Å². The van der Waals surface area contributed by atoms with Crippen molar-refractivity contribution in [1.29, 1.82) is 0 Å². The van der Waals surface area contributed by atoms with E-state index in [4.69, 9.17) is 0 Å². The molecular formula is C22H27N5O. The summed E-state index contributed by atoms with van der Waals surface area (Å²) in [6, 6.07) is 15.6. The molecule has 0 unspecified atom stereocenters. The third-order valence-electron chi connectivity index (χ3n) is 4.57. The number of nitrogens with one attached hydrogen (secondary N) is 2. The molecule has 0 spiro atoms. The molecular weight excluding hydrogens is 350 g/mol. The lowest BCUT2D eigenvalue weighted by Gasteiger charge is -2.18. The molecule has 28 heavy (non-hydrogen) atoms. The molecule has 0 fully saturated rings. The van der Waals surface area contributed by atoms with E-state index in [0.29, 0.717) is 5.56 Å². The summed E-state index contributed by atoms with van der Waals surface area (Å²) in [5.74, 6) is -0.106. The summed E-state index contributed by atoms with van der Waals surface area (Å²) in [6.45, 7) is 3.69. The van der Waals surface area contributed by atoms with Crippen molar-refractivity contribution in [2.45, 2.75) is 19.9 Å². The first kappa shape index (κ1) is 19.5. The van der Waals surface area contributed by atoms with Gasteiger partial charge < -0.3 is 15.5 Å². The lowest BCUT2D eigenvalue weighted by molar-refractivity contribution is 0.102. The molecule has 6 heteroatoms. The van der Waals surface area contributed by atoms with Crippen LogP contribution >= 0.6 is 0 Å². The number of aromatic nitrogens is 2. The first-order chi connectivity index (χ1) is 13.6. The smallest absolute Gasteiger partial charge is 0.257 e. The van der Waals surface area contributed by atoms with Crippen LogP contribution in [0.5, 0.6) is 0 Å². The van der Waals surface area contributed by atoms with Gasteiger partial charge in [0.2, 0.25) is 0 Å². The monoisotopic (exact) mass is 377 g/mol. The van der Waals surface area contributed by atoms with Crippen LogP contribution in [0.15, 0.2) is 60.9 Å². The number of hydrogen-bond donors (Lipinski definition) is 2. The fourth-order valence-electron chi connectivity index (χ4n) is 2.98. The molecule has 0 aliphatic carbocycles. The fourth-order valence-corrected chi connectivity index (χ4v) is 2.98. The van der Waals surface area contributed by atoms with Crippen LogP contribution in [0.25, 0.3) is 0 Å². The Bertz CT molecular complexity index is 901. The van der Waals surface area contributed by atoms with Crippen molar-refractivity contribution in [2.24, 2.45) is 0 Å². The molecule has 3 rings (SSSR count). The van der Waals surface area contributed by atoms with Gasteiger partial charge in [0.1, 0.15) is 0 Å². The second-order valence-electron chi connectivity index (χ2n) is 6.83. The normalized spacial score (nSPS) is 10.5. The van der Waals surface area contributed by atoms with Gasteiger partial charge in [0.25, 0.3) is 5.91 Å². The molecule has 0 saturated carbocycles. The largest absolute Gasteiger partial charge is 0.383 e. The Morgan fingerprint density at radius 2 is 1.86 bits per heavy atom. The summed E-state index contributed by atoms with van der Waals surface area (Å²) in [7, 11) is 3.91. The summed E-state index contributed by atoms with van der Waals surface area (Å²) < 4.78 is 1.88. The Balaban J connectivity index is 1.61. The fraction of sp³-hybridized carbons (Fsp3) is 0.273. The van der Waals surface area contributed by atoms with E-state index >= 15 is 0 Å². The summed E-state index contributed by atoms with van der Waals surface area (Å²) in [5, 5.41) is 10.5. The molecule has 0 atom stereocenters. The average Bonchev–Trinajstić information content (AvgIpc) is 3.22. The standard InChI is InChI=1S/C22H27N5O/c1-4-17-6-11-20(21(16-17)26(2)3)22(28)25-19-9-7-18(8-10-19)23-13-15-27-14-5-12-24-27/h5-12,14,16,23H,4,13,15H2,1-3H3,(H,25,28). The van der Waals surface area contributed by atoms with E-state index in [2.05, 4.69) is 28.7 Å². The minimum Gasteiger partial charge on any atom is -0.383 e. The van der Waals surface area contributed by atoms with Gasteiger partial charge in [-0.1, -0.05) is 13.0 Å². The third kappa shape index (κ3) is 4.91. The highest BCUT2D eigenvalue weighted by Crippen LogP contribution is 2.23. The molecule has 0 radical (unpaired) electrons. The number of nitrogens with zero attached hydrogens (tertiary/aromatic N) is 3. The Morgan fingerprint density at radius 3 is 2.50 bits per heavy atom. The van der Waals surface area contributed by atoms with Crippen LogP contribution in [0.2, 0.25) is 0 Å². The molecule has 0 bridgehead atoms. The molecule has 0 aliphatic heterocycles. The van der Waals surface area contributed by atoms with Crippen LogP contribution in [0.3, 0.4) is 0 Å². The Morgan fingerprint density at radius 1 is 1.11 bits per heavy atom. The van der Waals surface area contributed by atoms with Gasteiger partial charge in [-0.25, -0.2) is 0 Å². The number of benzene rings is 2. The zero-order valence-electron chi connectivity index (χ0n) is 16.6. The number of amides is 1. The molecule has 1 amide bonds. The number of carbonyl (C=O) groups is 1. The minimum atomic E-state index is -0.106. The highest BCUT2D eigenvalue weighted by molar-refractivity contribution is 6.08. The molecule has 146 valence electrons. The molecule has 1 aromatic heterocycles. The van der Waals surface area contributed by atoms with E-state index in [1.54, 1.807) is 6.20 Å². The number of carbonyl (C=O) groups excluding carboxylic acids is 1. The van der Waals surface area contributed by atoms with Crippen LogP contribution in [-0.2, 0) is 13.0 Å². The van der Waals surface area contributed by atoms with Gasteiger partial charge in [0, 0.05) is 50.1 Å². The van der Waals surface area contributed by atoms with E-state index < -0.39 is 0 Å². The van der Waals surface area contributed by atoms with Gasteiger partial charge in [0.05, 0.1) is 12.1 Å². The molecule has 2 aromatic carbocycles. The lowest BCUT2D eigenvalue weighted by Crippen LogP contribution is -2.19. The number of hydrogen-bond acceptors (Lipinski definition) is 4. The van der Waals surface area contributed by atoms with Crippen molar-refractivity contribution in [3.05, 3.63) is 72.1 Å². The van der Waals surface area contributed by atoms with Crippen molar-refractivity contribution in [3.8, 4) is 0 Å². The maximum absolute atomic E-state index is 12.8. The minimum absolute atomic E-state index is 0.106. The van der Waals surface area contributed by atoms with Crippen LogP contribution < -0.4 is 15.5 Å². The first-order valence-electron chi connectivity index (χ1n) is 9.50. The highest BCUT2D eigenvalue weighted by atomic mass is 16.1. The predicted molar refractivity (Wildman–Crippen MR) is 115 cm³/mol. The van der Waals surface area contributed by atoms with Crippen LogP contribution in [0.4, 0.5) is 17.1 Å². The van der Waals surface area contributed by atoms with Gasteiger partial charge >= 0.3 is 0 Å². The molecule has 6 nitrogen and oxygen atoms in total. The van der Waals surface area contributed by atoms with Crippen molar-refractivity contribution >= 4 is 23.0 Å².